The fourth-order valence-corrected chi connectivity index (χ4v) is 4.58. The Bertz CT molecular complexity index is 893. The minimum absolute atomic E-state index is 0.0299. The van der Waals surface area contributed by atoms with Crippen LogP contribution in [0.3, 0.4) is 0 Å². The minimum atomic E-state index is -0.0299. The van der Waals surface area contributed by atoms with Gasteiger partial charge in [-0.15, -0.1) is 11.3 Å². The first-order valence-electron chi connectivity index (χ1n) is 9.53. The van der Waals surface area contributed by atoms with E-state index in [1.807, 2.05) is 18.2 Å². The summed E-state index contributed by atoms with van der Waals surface area (Å²) in [5, 5.41) is 9.70. The quantitative estimate of drug-likeness (QED) is 0.751. The molecule has 140 valence electrons. The molecule has 0 fully saturated rings. The van der Waals surface area contributed by atoms with Gasteiger partial charge in [0.05, 0.1) is 4.88 Å². The van der Waals surface area contributed by atoms with E-state index in [9.17, 15) is 4.79 Å². The number of thiophene rings is 1. The maximum Gasteiger partial charge on any atom is 0.265 e. The summed E-state index contributed by atoms with van der Waals surface area (Å²) < 4.78 is 0. The van der Waals surface area contributed by atoms with Crippen molar-refractivity contribution in [3.05, 3.63) is 63.4 Å². The van der Waals surface area contributed by atoms with E-state index in [1.165, 1.54) is 27.2 Å². The maximum atomic E-state index is 12.7. The molecule has 0 aliphatic carbocycles. The average molecular weight is 380 g/mol. The molecule has 1 aromatic carbocycles. The second kappa shape index (κ2) is 8.21. The topological polar surface area (TPSA) is 53.2 Å². The molecule has 0 spiro atoms. The number of aryl methyl sites for hydroxylation is 1. The van der Waals surface area contributed by atoms with Crippen molar-refractivity contribution < 1.29 is 4.79 Å². The zero-order valence-corrected chi connectivity index (χ0v) is 16.4. The number of rotatable bonds is 4. The van der Waals surface area contributed by atoms with Gasteiger partial charge in [0, 0.05) is 23.7 Å². The van der Waals surface area contributed by atoms with E-state index in [0.717, 1.165) is 49.6 Å². The third-order valence-electron chi connectivity index (χ3n) is 5.13. The lowest BCUT2D eigenvalue weighted by atomic mass is 10.00. The van der Waals surface area contributed by atoms with E-state index in [0.29, 0.717) is 0 Å². The predicted molar refractivity (Wildman–Crippen MR) is 114 cm³/mol. The first-order chi connectivity index (χ1) is 13.2. The molecular weight excluding hydrogens is 354 g/mol. The molecular formula is C22H25N3OS. The van der Waals surface area contributed by atoms with E-state index in [4.69, 9.17) is 0 Å². The van der Waals surface area contributed by atoms with Crippen molar-refractivity contribution in [1.29, 1.82) is 0 Å². The number of nitrogens with one attached hydrogen (secondary N) is 3. The molecule has 0 unspecified atom stereocenters. The van der Waals surface area contributed by atoms with Crippen LogP contribution in [0.4, 0.5) is 5.69 Å². The monoisotopic (exact) mass is 379 g/mol. The third-order valence-corrected chi connectivity index (χ3v) is 6.18. The summed E-state index contributed by atoms with van der Waals surface area (Å²) in [6.45, 7) is 5.96. The Hall–Kier alpha value is -2.21. The molecule has 4 nitrogen and oxygen atoms in total. The first-order valence-corrected chi connectivity index (χ1v) is 10.3. The average Bonchev–Trinajstić information content (AvgIpc) is 3.12. The van der Waals surface area contributed by atoms with Gasteiger partial charge < -0.3 is 16.0 Å². The molecule has 2 aliphatic rings. The van der Waals surface area contributed by atoms with Crippen molar-refractivity contribution in [3.8, 4) is 0 Å². The summed E-state index contributed by atoms with van der Waals surface area (Å²) in [4.78, 5) is 14.7. The van der Waals surface area contributed by atoms with Crippen molar-refractivity contribution >= 4 is 34.1 Å². The fraction of sp³-hybridized carbons (Fsp3) is 0.318. The number of anilines is 1. The minimum Gasteiger partial charge on any atom is -0.321 e. The molecule has 4 rings (SSSR count). The van der Waals surface area contributed by atoms with Crippen molar-refractivity contribution in [3.63, 3.8) is 0 Å². The highest BCUT2D eigenvalue weighted by Gasteiger charge is 2.16. The van der Waals surface area contributed by atoms with Crippen molar-refractivity contribution in [2.24, 2.45) is 0 Å². The van der Waals surface area contributed by atoms with E-state index in [-0.39, 0.29) is 5.91 Å². The molecule has 1 amide bonds. The number of hydrogen-bond acceptors (Lipinski definition) is 4. The van der Waals surface area contributed by atoms with Crippen LogP contribution in [0, 0.1) is 6.92 Å². The van der Waals surface area contributed by atoms with Crippen LogP contribution in [0.1, 0.15) is 38.5 Å². The molecule has 3 N–H and O–H groups in total. The Balaban J connectivity index is 1.46. The standard InChI is InChI=1S/C22H25N3OS/c1-15-20(18-8-12-24-13-9-18)14-21(27-15)22(26)25-19-4-2-16(3-5-19)17-6-10-23-11-7-17/h2-6,8,14,23-24H,7,9-13H2,1H3,(H,25,26). The zero-order chi connectivity index (χ0) is 18.6. The van der Waals surface area contributed by atoms with Crippen LogP contribution < -0.4 is 16.0 Å². The summed E-state index contributed by atoms with van der Waals surface area (Å²) in [6.07, 6.45) is 6.54. The zero-order valence-electron chi connectivity index (χ0n) is 15.6. The van der Waals surface area contributed by atoms with Crippen LogP contribution in [-0.2, 0) is 0 Å². The number of hydrogen-bond donors (Lipinski definition) is 3. The van der Waals surface area contributed by atoms with Crippen molar-refractivity contribution in [1.82, 2.24) is 10.6 Å². The van der Waals surface area contributed by atoms with Gasteiger partial charge in [0.15, 0.2) is 0 Å². The van der Waals surface area contributed by atoms with Gasteiger partial charge in [0.2, 0.25) is 0 Å². The molecule has 0 bridgehead atoms. The fourth-order valence-electron chi connectivity index (χ4n) is 3.63. The first kappa shape index (κ1) is 18.2. The molecule has 2 aliphatic heterocycles. The van der Waals surface area contributed by atoms with Gasteiger partial charge in [-0.25, -0.2) is 0 Å². The van der Waals surface area contributed by atoms with Crippen LogP contribution in [0.5, 0.6) is 0 Å². The number of benzene rings is 1. The van der Waals surface area contributed by atoms with Gasteiger partial charge >= 0.3 is 0 Å². The van der Waals surface area contributed by atoms with Crippen molar-refractivity contribution in [2.75, 3.05) is 31.5 Å². The molecule has 0 atom stereocenters. The summed E-state index contributed by atoms with van der Waals surface area (Å²) in [6, 6.07) is 10.2. The Morgan fingerprint density at radius 1 is 1.00 bits per heavy atom. The summed E-state index contributed by atoms with van der Waals surface area (Å²) in [5.74, 6) is -0.0299. The molecule has 5 heteroatoms. The van der Waals surface area contributed by atoms with Crippen LogP contribution >= 0.6 is 11.3 Å². The predicted octanol–water partition coefficient (Wildman–Crippen LogP) is 4.06. The summed E-state index contributed by atoms with van der Waals surface area (Å²) in [7, 11) is 0. The Kier molecular flexibility index (Phi) is 5.53. The summed E-state index contributed by atoms with van der Waals surface area (Å²) >= 11 is 1.57. The highest BCUT2D eigenvalue weighted by Crippen LogP contribution is 2.31. The SMILES string of the molecule is Cc1sc(C(=O)Nc2ccc(C3=CCNCC3)cc2)cc1C1=CCNCC1. The highest BCUT2D eigenvalue weighted by atomic mass is 32.1. The van der Waals surface area contributed by atoms with Gasteiger partial charge in [0.25, 0.3) is 5.91 Å². The van der Waals surface area contributed by atoms with Gasteiger partial charge in [0.1, 0.15) is 0 Å². The van der Waals surface area contributed by atoms with E-state index in [2.05, 4.69) is 47.2 Å². The van der Waals surface area contributed by atoms with Crippen LogP contribution in [0.25, 0.3) is 11.1 Å². The molecule has 3 heterocycles. The third kappa shape index (κ3) is 4.21. The smallest absolute Gasteiger partial charge is 0.265 e. The number of carbonyl (C=O) groups is 1. The Labute approximate surface area is 164 Å². The van der Waals surface area contributed by atoms with Gasteiger partial charge in [-0.1, -0.05) is 24.3 Å². The van der Waals surface area contributed by atoms with Crippen LogP contribution in [0.2, 0.25) is 0 Å². The lowest BCUT2D eigenvalue weighted by Crippen LogP contribution is -2.20. The second-order valence-electron chi connectivity index (χ2n) is 6.98. The molecule has 0 saturated heterocycles. The van der Waals surface area contributed by atoms with Crippen molar-refractivity contribution in [2.45, 2.75) is 19.8 Å². The molecule has 27 heavy (non-hydrogen) atoms. The maximum absolute atomic E-state index is 12.7. The normalized spacial score (nSPS) is 17.2. The molecule has 1 aromatic heterocycles. The molecule has 0 saturated carbocycles. The number of carbonyl (C=O) groups excluding carboxylic acids is 1. The van der Waals surface area contributed by atoms with Crippen LogP contribution in [-0.4, -0.2) is 32.1 Å². The van der Waals surface area contributed by atoms with Gasteiger partial charge in [-0.2, -0.15) is 0 Å². The van der Waals surface area contributed by atoms with E-state index >= 15 is 0 Å². The number of amides is 1. The Morgan fingerprint density at radius 2 is 1.67 bits per heavy atom. The van der Waals surface area contributed by atoms with E-state index < -0.39 is 0 Å². The molecule has 2 aromatic rings. The lowest BCUT2D eigenvalue weighted by molar-refractivity contribution is 0.103. The van der Waals surface area contributed by atoms with E-state index in [1.54, 1.807) is 11.3 Å². The highest BCUT2D eigenvalue weighted by molar-refractivity contribution is 7.14. The van der Waals surface area contributed by atoms with Crippen LogP contribution in [0.15, 0.2) is 42.5 Å². The van der Waals surface area contributed by atoms with Gasteiger partial charge in [-0.3, -0.25) is 4.79 Å². The largest absolute Gasteiger partial charge is 0.321 e. The Morgan fingerprint density at radius 3 is 2.30 bits per heavy atom. The second-order valence-corrected chi connectivity index (χ2v) is 8.24. The molecule has 0 radical (unpaired) electrons. The summed E-state index contributed by atoms with van der Waals surface area (Å²) in [5.41, 5.74) is 6.02. The lowest BCUT2D eigenvalue weighted by Gasteiger charge is -2.14. The van der Waals surface area contributed by atoms with Gasteiger partial charge in [-0.05, 0) is 73.3 Å².